The fraction of sp³-hybridized carbons (Fsp3) is 0.182. The molecule has 11 nitrogen and oxygen atoms in total. The Balaban J connectivity index is 0.000000371. The smallest absolute Gasteiger partial charge is 0.362 e. The number of rotatable bonds is 10. The van der Waals surface area contributed by atoms with Crippen LogP contribution in [0.2, 0.25) is 10.0 Å². The summed E-state index contributed by atoms with van der Waals surface area (Å²) in [5.41, 5.74) is 3.78. The fourth-order valence-corrected chi connectivity index (χ4v) is 2.43. The van der Waals surface area contributed by atoms with Crippen LogP contribution in [-0.4, -0.2) is 54.3 Å². The zero-order valence-electron chi connectivity index (χ0n) is 19.4. The maximum atomic E-state index is 13.4. The summed E-state index contributed by atoms with van der Waals surface area (Å²) in [6.07, 6.45) is 0.998. The van der Waals surface area contributed by atoms with E-state index in [0.717, 1.165) is 18.3 Å². The number of oxime groups is 1. The lowest BCUT2D eigenvalue weighted by Crippen LogP contribution is -2.20. The first-order valence-corrected chi connectivity index (χ1v) is 11.0. The van der Waals surface area contributed by atoms with Crippen LogP contribution in [0.4, 0.5) is 20.2 Å². The highest BCUT2D eigenvalue weighted by molar-refractivity contribution is 6.59. The van der Waals surface area contributed by atoms with Gasteiger partial charge in [0.1, 0.15) is 17.8 Å². The minimum atomic E-state index is -0.880. The van der Waals surface area contributed by atoms with Gasteiger partial charge in [0.15, 0.2) is 12.0 Å². The number of carbonyl (C=O) groups is 3. The summed E-state index contributed by atoms with van der Waals surface area (Å²) in [5, 5.41) is 18.6. The molecule has 0 saturated carbocycles. The number of halogens is 4. The molecule has 0 aliphatic heterocycles. The summed E-state index contributed by atoms with van der Waals surface area (Å²) in [7, 11) is 0. The van der Waals surface area contributed by atoms with Gasteiger partial charge in [-0.1, -0.05) is 28.4 Å². The Hall–Kier alpha value is -4.10. The highest BCUT2D eigenvalue weighted by Gasteiger charge is 2.12. The van der Waals surface area contributed by atoms with Crippen LogP contribution >= 0.6 is 23.2 Å². The molecule has 37 heavy (non-hydrogen) atoms. The van der Waals surface area contributed by atoms with Crippen molar-refractivity contribution in [3.05, 3.63) is 58.1 Å². The molecule has 0 aliphatic rings. The van der Waals surface area contributed by atoms with Crippen LogP contribution < -0.4 is 10.9 Å². The van der Waals surface area contributed by atoms with Gasteiger partial charge in [-0.25, -0.2) is 18.4 Å². The predicted octanol–water partition coefficient (Wildman–Crippen LogP) is 4.28. The number of hydrogen-bond acceptors (Lipinski definition) is 11. The molecule has 0 spiro atoms. The third-order valence-corrected chi connectivity index (χ3v) is 4.19. The van der Waals surface area contributed by atoms with Gasteiger partial charge < -0.3 is 14.7 Å². The molecule has 3 N–H and O–H groups in total. The normalized spacial score (nSPS) is 11.3. The van der Waals surface area contributed by atoms with E-state index in [-0.39, 0.29) is 46.6 Å². The van der Waals surface area contributed by atoms with Crippen LogP contribution in [0.3, 0.4) is 0 Å². The van der Waals surface area contributed by atoms with E-state index in [9.17, 15) is 23.2 Å². The van der Waals surface area contributed by atoms with Crippen LogP contribution in [0, 0.1) is 11.6 Å². The molecule has 0 saturated heterocycles. The summed E-state index contributed by atoms with van der Waals surface area (Å²) in [5.74, 6) is -2.97. The van der Waals surface area contributed by atoms with Gasteiger partial charge in [-0.3, -0.25) is 15.6 Å². The maximum absolute atomic E-state index is 13.4. The second-order valence-electron chi connectivity index (χ2n) is 6.27. The number of aldehydes is 1. The van der Waals surface area contributed by atoms with Crippen LogP contribution in [-0.2, 0) is 23.9 Å². The first-order chi connectivity index (χ1) is 17.7. The van der Waals surface area contributed by atoms with Crippen LogP contribution in [0.5, 0.6) is 0 Å². The molecule has 0 atom stereocenters. The van der Waals surface area contributed by atoms with Gasteiger partial charge >= 0.3 is 11.9 Å². The van der Waals surface area contributed by atoms with Crippen molar-refractivity contribution >= 4 is 70.4 Å². The van der Waals surface area contributed by atoms with Crippen molar-refractivity contribution in [2.45, 2.75) is 13.8 Å². The van der Waals surface area contributed by atoms with Crippen LogP contribution in [0.15, 0.2) is 51.8 Å². The summed E-state index contributed by atoms with van der Waals surface area (Å²) < 4.78 is 36.0. The van der Waals surface area contributed by atoms with Crippen LogP contribution in [0.25, 0.3) is 0 Å². The lowest BCUT2D eigenvalue weighted by atomic mass is 10.3. The first kappa shape index (κ1) is 30.9. The Labute approximate surface area is 219 Å². The van der Waals surface area contributed by atoms with Gasteiger partial charge in [-0.05, 0) is 50.2 Å². The SMILES string of the molecule is CCOC(=O)/C(C=O)=N/Nc1ccc(Cl)cc1F.CCOC(=O)C(/C=N/O)=N/Nc1ccc(Cl)cc1F. The minimum absolute atomic E-state index is 0.0111. The second-order valence-corrected chi connectivity index (χ2v) is 7.14. The Morgan fingerprint density at radius 1 is 0.892 bits per heavy atom. The number of ether oxygens (including phenoxy) is 2. The number of hydrazone groups is 2. The number of esters is 2. The molecule has 0 bridgehead atoms. The van der Waals surface area contributed by atoms with Crippen molar-refractivity contribution < 1.29 is 37.8 Å². The number of anilines is 2. The van der Waals surface area contributed by atoms with Crippen molar-refractivity contribution in [1.82, 2.24) is 0 Å². The minimum Gasteiger partial charge on any atom is -0.461 e. The van der Waals surface area contributed by atoms with E-state index in [1.54, 1.807) is 13.8 Å². The van der Waals surface area contributed by atoms with Gasteiger partial charge in [-0.15, -0.1) is 0 Å². The maximum Gasteiger partial charge on any atom is 0.362 e. The van der Waals surface area contributed by atoms with E-state index in [0.29, 0.717) is 0 Å². The highest BCUT2D eigenvalue weighted by atomic mass is 35.5. The van der Waals surface area contributed by atoms with Crippen molar-refractivity contribution in [2.75, 3.05) is 24.1 Å². The van der Waals surface area contributed by atoms with Gasteiger partial charge in [0.05, 0.1) is 24.6 Å². The monoisotopic (exact) mass is 559 g/mol. The molecule has 2 aromatic carbocycles. The zero-order valence-corrected chi connectivity index (χ0v) is 20.9. The Morgan fingerprint density at radius 2 is 1.32 bits per heavy atom. The number of hydrogen-bond donors (Lipinski definition) is 3. The van der Waals surface area contributed by atoms with Gasteiger partial charge in [0, 0.05) is 10.0 Å². The molecule has 2 rings (SSSR count). The quantitative estimate of drug-likeness (QED) is 0.0973. The van der Waals surface area contributed by atoms with E-state index in [4.69, 9.17) is 28.4 Å². The molecule has 198 valence electrons. The average Bonchev–Trinajstić information content (AvgIpc) is 2.85. The molecule has 0 radical (unpaired) electrons. The predicted molar refractivity (Wildman–Crippen MR) is 135 cm³/mol. The summed E-state index contributed by atoms with van der Waals surface area (Å²) in [6, 6.07) is 7.73. The standard InChI is InChI=1S/C11H11ClFN3O3.C11H10ClFN2O3/c1-2-19-11(17)10(6-14-18)16-15-9-4-3-7(12)5-8(9)13;1-2-18-11(17)10(6-16)15-14-9-4-3-7(12)5-8(9)13/h3-6,15,18H,2H2,1H3;3-6,14H,2H2,1H3/b14-6+,16-10+;15-10+. The largest absolute Gasteiger partial charge is 0.461 e. The number of nitrogens with one attached hydrogen (secondary N) is 2. The molecule has 0 amide bonds. The molecule has 0 aliphatic carbocycles. The summed E-state index contributed by atoms with van der Waals surface area (Å²) >= 11 is 11.2. The molecule has 2 aromatic rings. The number of carbonyl (C=O) groups excluding carboxylic acids is 3. The Morgan fingerprint density at radius 3 is 1.70 bits per heavy atom. The Kier molecular flexibility index (Phi) is 13.8. The average molecular weight is 560 g/mol. The first-order valence-electron chi connectivity index (χ1n) is 10.2. The van der Waals surface area contributed by atoms with Crippen LogP contribution in [0.1, 0.15) is 13.8 Å². The molecular weight excluding hydrogens is 539 g/mol. The van der Waals surface area contributed by atoms with Gasteiger partial charge in [0.2, 0.25) is 5.71 Å². The molecule has 0 aromatic heterocycles. The number of nitrogens with zero attached hydrogens (tertiary/aromatic N) is 3. The molecular formula is C22H21Cl2F2N5O6. The van der Waals surface area contributed by atoms with Crippen molar-refractivity contribution in [3.63, 3.8) is 0 Å². The number of benzene rings is 2. The zero-order chi connectivity index (χ0) is 27.8. The van der Waals surface area contributed by atoms with E-state index in [2.05, 4.69) is 35.7 Å². The third-order valence-electron chi connectivity index (χ3n) is 3.72. The van der Waals surface area contributed by atoms with E-state index >= 15 is 0 Å². The highest BCUT2D eigenvalue weighted by Crippen LogP contribution is 2.19. The van der Waals surface area contributed by atoms with E-state index < -0.39 is 29.3 Å². The van der Waals surface area contributed by atoms with Crippen molar-refractivity contribution in [3.8, 4) is 0 Å². The fourth-order valence-electron chi connectivity index (χ4n) is 2.11. The Bertz CT molecular complexity index is 1190. The lowest BCUT2D eigenvalue weighted by Gasteiger charge is -2.04. The lowest BCUT2D eigenvalue weighted by molar-refractivity contribution is -0.136. The third kappa shape index (κ3) is 11.0. The molecule has 15 heteroatoms. The second kappa shape index (κ2) is 16.5. The van der Waals surface area contributed by atoms with Gasteiger partial charge in [-0.2, -0.15) is 10.2 Å². The topological polar surface area (TPSA) is 151 Å². The van der Waals surface area contributed by atoms with Crippen molar-refractivity contribution in [1.29, 1.82) is 0 Å². The summed E-state index contributed by atoms with van der Waals surface area (Å²) in [4.78, 5) is 33.2. The van der Waals surface area contributed by atoms with Gasteiger partial charge in [0.25, 0.3) is 0 Å². The summed E-state index contributed by atoms with van der Waals surface area (Å²) in [6.45, 7) is 3.44. The molecule has 0 unspecified atom stereocenters. The van der Waals surface area contributed by atoms with E-state index in [1.807, 2.05) is 0 Å². The molecule has 0 heterocycles. The van der Waals surface area contributed by atoms with Crippen molar-refractivity contribution in [2.24, 2.45) is 15.4 Å². The van der Waals surface area contributed by atoms with E-state index in [1.165, 1.54) is 24.3 Å². The molecule has 0 fully saturated rings.